The van der Waals surface area contributed by atoms with Crippen molar-refractivity contribution < 1.29 is 4.79 Å². The van der Waals surface area contributed by atoms with E-state index in [1.165, 1.54) is 11.3 Å². The SMILES string of the molecule is Cc1cc(C(=O)Nc2nnc(C)c(C)n2)sc1C#CCN. The number of carbonyl (C=O) groups excluding carboxylic acids is 1. The zero-order chi connectivity index (χ0) is 15.4. The zero-order valence-electron chi connectivity index (χ0n) is 12.0. The first kappa shape index (κ1) is 15.1. The number of amides is 1. The maximum Gasteiger partial charge on any atom is 0.268 e. The van der Waals surface area contributed by atoms with E-state index < -0.39 is 0 Å². The summed E-state index contributed by atoms with van der Waals surface area (Å²) in [7, 11) is 0. The highest BCUT2D eigenvalue weighted by Gasteiger charge is 2.13. The largest absolute Gasteiger partial charge is 0.320 e. The van der Waals surface area contributed by atoms with E-state index >= 15 is 0 Å². The maximum atomic E-state index is 12.2. The molecule has 1 amide bonds. The predicted molar refractivity (Wildman–Crippen MR) is 82.2 cm³/mol. The lowest BCUT2D eigenvalue weighted by atomic mass is 10.2. The number of aromatic nitrogens is 3. The number of nitrogens with one attached hydrogen (secondary N) is 1. The lowest BCUT2D eigenvalue weighted by Crippen LogP contribution is -2.14. The van der Waals surface area contributed by atoms with Crippen molar-refractivity contribution in [1.29, 1.82) is 0 Å². The average Bonchev–Trinajstić information content (AvgIpc) is 2.82. The van der Waals surface area contributed by atoms with E-state index in [4.69, 9.17) is 5.73 Å². The van der Waals surface area contributed by atoms with Gasteiger partial charge in [-0.1, -0.05) is 11.8 Å². The second-order valence-electron chi connectivity index (χ2n) is 4.39. The van der Waals surface area contributed by atoms with Gasteiger partial charge in [-0.05, 0) is 32.4 Å². The number of hydrogen-bond acceptors (Lipinski definition) is 6. The first-order chi connectivity index (χ1) is 10.0. The molecule has 21 heavy (non-hydrogen) atoms. The van der Waals surface area contributed by atoms with E-state index in [1.54, 1.807) is 6.07 Å². The van der Waals surface area contributed by atoms with Crippen molar-refractivity contribution in [2.75, 3.05) is 11.9 Å². The van der Waals surface area contributed by atoms with Crippen molar-refractivity contribution in [2.45, 2.75) is 20.8 Å². The number of nitrogens with two attached hydrogens (primary N) is 1. The molecular formula is C14H15N5OS. The highest BCUT2D eigenvalue weighted by Crippen LogP contribution is 2.21. The highest BCUT2D eigenvalue weighted by molar-refractivity contribution is 7.14. The lowest BCUT2D eigenvalue weighted by Gasteiger charge is -2.02. The highest BCUT2D eigenvalue weighted by atomic mass is 32.1. The number of carbonyl (C=O) groups is 1. The van der Waals surface area contributed by atoms with Crippen LogP contribution in [0.3, 0.4) is 0 Å². The van der Waals surface area contributed by atoms with Crippen LogP contribution in [0, 0.1) is 32.6 Å². The molecule has 0 spiro atoms. The van der Waals surface area contributed by atoms with Crippen molar-refractivity contribution in [3.63, 3.8) is 0 Å². The third-order valence-electron chi connectivity index (χ3n) is 2.76. The molecule has 2 heterocycles. The van der Waals surface area contributed by atoms with Gasteiger partial charge in [-0.2, -0.15) is 5.10 Å². The van der Waals surface area contributed by atoms with E-state index in [0.29, 0.717) is 11.4 Å². The summed E-state index contributed by atoms with van der Waals surface area (Å²) in [5.74, 6) is 5.66. The fourth-order valence-corrected chi connectivity index (χ4v) is 2.46. The number of anilines is 1. The van der Waals surface area contributed by atoms with Gasteiger partial charge in [-0.25, -0.2) is 4.98 Å². The van der Waals surface area contributed by atoms with Crippen LogP contribution in [0.25, 0.3) is 0 Å². The summed E-state index contributed by atoms with van der Waals surface area (Å²) in [5.41, 5.74) is 7.77. The van der Waals surface area contributed by atoms with Gasteiger partial charge in [0.2, 0.25) is 5.95 Å². The Hall–Kier alpha value is -2.30. The van der Waals surface area contributed by atoms with Crippen LogP contribution in [0.15, 0.2) is 6.07 Å². The van der Waals surface area contributed by atoms with Gasteiger partial charge in [0.1, 0.15) is 0 Å². The molecule has 2 aromatic heterocycles. The molecule has 0 aromatic carbocycles. The van der Waals surface area contributed by atoms with Crippen LogP contribution in [0.4, 0.5) is 5.95 Å². The molecule has 0 atom stereocenters. The Labute approximate surface area is 126 Å². The van der Waals surface area contributed by atoms with E-state index in [0.717, 1.165) is 21.8 Å². The van der Waals surface area contributed by atoms with Crippen molar-refractivity contribution >= 4 is 23.2 Å². The van der Waals surface area contributed by atoms with Gasteiger partial charge >= 0.3 is 0 Å². The molecule has 0 radical (unpaired) electrons. The molecule has 0 aliphatic heterocycles. The molecule has 0 aliphatic carbocycles. The molecule has 0 bridgehead atoms. The fourth-order valence-electron chi connectivity index (χ4n) is 1.52. The number of nitrogens with zero attached hydrogens (tertiary/aromatic N) is 3. The van der Waals surface area contributed by atoms with Crippen LogP contribution in [0.5, 0.6) is 0 Å². The Morgan fingerprint density at radius 2 is 2.10 bits per heavy atom. The average molecular weight is 301 g/mol. The molecule has 2 rings (SSSR count). The molecular weight excluding hydrogens is 286 g/mol. The van der Waals surface area contributed by atoms with E-state index in [1.807, 2.05) is 20.8 Å². The second-order valence-corrected chi connectivity index (χ2v) is 5.44. The summed E-state index contributed by atoms with van der Waals surface area (Å²) in [5, 5.41) is 10.4. The van der Waals surface area contributed by atoms with Crippen LogP contribution in [-0.4, -0.2) is 27.6 Å². The summed E-state index contributed by atoms with van der Waals surface area (Å²) in [6, 6.07) is 1.79. The molecule has 0 fully saturated rings. The Morgan fingerprint density at radius 1 is 1.33 bits per heavy atom. The Balaban J connectivity index is 2.18. The van der Waals surface area contributed by atoms with Gasteiger partial charge in [0.05, 0.1) is 27.7 Å². The monoisotopic (exact) mass is 301 g/mol. The van der Waals surface area contributed by atoms with Crippen molar-refractivity contribution in [1.82, 2.24) is 15.2 Å². The number of thiophene rings is 1. The summed E-state index contributed by atoms with van der Waals surface area (Å²) in [6.07, 6.45) is 0. The van der Waals surface area contributed by atoms with Crippen molar-refractivity contribution in [2.24, 2.45) is 5.73 Å². The molecule has 0 saturated carbocycles. The third kappa shape index (κ3) is 3.62. The Bertz CT molecular complexity index is 742. The number of aryl methyl sites for hydroxylation is 3. The van der Waals surface area contributed by atoms with Crippen LogP contribution in [0.1, 0.15) is 31.5 Å². The topological polar surface area (TPSA) is 93.8 Å². The minimum absolute atomic E-state index is 0.198. The molecule has 2 aromatic rings. The van der Waals surface area contributed by atoms with E-state index in [-0.39, 0.29) is 11.9 Å². The van der Waals surface area contributed by atoms with Crippen LogP contribution >= 0.6 is 11.3 Å². The lowest BCUT2D eigenvalue weighted by molar-refractivity contribution is 0.102. The first-order valence-corrected chi connectivity index (χ1v) is 7.11. The van der Waals surface area contributed by atoms with Crippen molar-refractivity contribution in [3.05, 3.63) is 32.8 Å². The van der Waals surface area contributed by atoms with Gasteiger partial charge in [0.25, 0.3) is 5.91 Å². The summed E-state index contributed by atoms with van der Waals surface area (Å²) < 4.78 is 0. The quantitative estimate of drug-likeness (QED) is 0.818. The standard InChI is InChI=1S/C14H15N5OS/c1-8-7-12(21-11(8)5-4-6-15)13(20)17-14-16-9(2)10(3)18-19-14/h7H,6,15H2,1-3H3,(H,16,17,19,20). The minimum atomic E-state index is -0.269. The molecule has 6 nitrogen and oxygen atoms in total. The van der Waals surface area contributed by atoms with Crippen molar-refractivity contribution in [3.8, 4) is 11.8 Å². The second kappa shape index (κ2) is 6.43. The third-order valence-corrected chi connectivity index (χ3v) is 3.91. The zero-order valence-corrected chi connectivity index (χ0v) is 12.8. The predicted octanol–water partition coefficient (Wildman–Crippen LogP) is 1.42. The van der Waals surface area contributed by atoms with Gasteiger partial charge < -0.3 is 5.73 Å². The molecule has 7 heteroatoms. The van der Waals surface area contributed by atoms with Crippen LogP contribution in [-0.2, 0) is 0 Å². The smallest absolute Gasteiger partial charge is 0.268 e. The normalized spacial score (nSPS) is 9.90. The summed E-state index contributed by atoms with van der Waals surface area (Å²) in [6.45, 7) is 5.82. The Kier molecular flexibility index (Phi) is 4.62. The van der Waals surface area contributed by atoms with E-state index in [2.05, 4.69) is 32.3 Å². The van der Waals surface area contributed by atoms with Gasteiger partial charge in [0.15, 0.2) is 0 Å². The van der Waals surface area contributed by atoms with Crippen LogP contribution < -0.4 is 11.1 Å². The molecule has 0 saturated heterocycles. The number of hydrogen-bond donors (Lipinski definition) is 2. The van der Waals surface area contributed by atoms with Crippen LogP contribution in [0.2, 0.25) is 0 Å². The number of rotatable bonds is 2. The first-order valence-electron chi connectivity index (χ1n) is 6.30. The summed E-state index contributed by atoms with van der Waals surface area (Å²) in [4.78, 5) is 17.7. The van der Waals surface area contributed by atoms with Gasteiger partial charge in [-0.3, -0.25) is 10.1 Å². The summed E-state index contributed by atoms with van der Waals surface area (Å²) >= 11 is 1.32. The fraction of sp³-hybridized carbons (Fsp3) is 0.286. The molecule has 3 N–H and O–H groups in total. The molecule has 0 aliphatic rings. The molecule has 0 unspecified atom stereocenters. The molecule has 108 valence electrons. The van der Waals surface area contributed by atoms with Gasteiger partial charge in [0, 0.05) is 0 Å². The van der Waals surface area contributed by atoms with Gasteiger partial charge in [-0.15, -0.1) is 16.4 Å². The maximum absolute atomic E-state index is 12.2. The van der Waals surface area contributed by atoms with E-state index in [9.17, 15) is 4.79 Å². The minimum Gasteiger partial charge on any atom is -0.320 e. The Morgan fingerprint density at radius 3 is 2.76 bits per heavy atom.